The Morgan fingerprint density at radius 2 is 0.824 bits per heavy atom. The molecule has 0 N–H and O–H groups in total. The Morgan fingerprint density at radius 3 is 1.45 bits per heavy atom. The molecule has 5 nitrogen and oxygen atoms in total. The van der Waals surface area contributed by atoms with Crippen molar-refractivity contribution in [1.29, 1.82) is 0 Å². The minimum atomic E-state index is 0.618. The van der Waals surface area contributed by atoms with Crippen LogP contribution in [0.2, 0.25) is 0 Å². The molecule has 7 aromatic carbocycles. The van der Waals surface area contributed by atoms with Crippen LogP contribution in [-0.4, -0.2) is 19.9 Å². The van der Waals surface area contributed by atoms with Crippen LogP contribution in [0.5, 0.6) is 0 Å². The molecule has 3 heterocycles. The lowest BCUT2D eigenvalue weighted by atomic mass is 9.89. The molecule has 51 heavy (non-hydrogen) atoms. The van der Waals surface area contributed by atoms with Gasteiger partial charge in [-0.2, -0.15) is 0 Å². The fourth-order valence-corrected chi connectivity index (χ4v) is 7.14. The van der Waals surface area contributed by atoms with Crippen LogP contribution in [-0.2, 0) is 0 Å². The first-order valence-electron chi connectivity index (χ1n) is 17.0. The van der Waals surface area contributed by atoms with E-state index in [0.29, 0.717) is 17.5 Å². The fraction of sp³-hybridized carbons (Fsp3) is 0. The molecular formula is C46H28N4O. The summed E-state index contributed by atoms with van der Waals surface area (Å²) in [7, 11) is 0. The van der Waals surface area contributed by atoms with E-state index in [1.165, 1.54) is 0 Å². The molecule has 0 aliphatic rings. The zero-order valence-corrected chi connectivity index (χ0v) is 27.4. The van der Waals surface area contributed by atoms with Gasteiger partial charge in [0.25, 0.3) is 0 Å². The van der Waals surface area contributed by atoms with Crippen LogP contribution in [0.15, 0.2) is 174 Å². The summed E-state index contributed by atoms with van der Waals surface area (Å²) in [5, 5.41) is 5.44. The second-order valence-corrected chi connectivity index (χ2v) is 12.6. The lowest BCUT2D eigenvalue weighted by Gasteiger charge is -2.16. The standard InChI is InChI=1S/C46H28N4O/c1-4-14-30(15-5-1)43-36-28-39-42(35-21-11-13-23-38(35)51-39)40(41(36)34-20-10-12-22-37(34)47-43)29-24-26-33(27-25-29)46-49-44(31-16-6-2-7-17-31)48-45(50-46)32-18-8-3-9-19-32/h1-28H. The van der Waals surface area contributed by atoms with Crippen molar-refractivity contribution in [2.24, 2.45) is 0 Å². The van der Waals surface area contributed by atoms with E-state index < -0.39 is 0 Å². The molecule has 0 atom stereocenters. The Balaban J connectivity index is 1.23. The number of benzene rings is 7. The summed E-state index contributed by atoms with van der Waals surface area (Å²) in [4.78, 5) is 20.1. The van der Waals surface area contributed by atoms with E-state index >= 15 is 0 Å². The zero-order chi connectivity index (χ0) is 33.7. The summed E-state index contributed by atoms with van der Waals surface area (Å²) < 4.78 is 6.57. The second-order valence-electron chi connectivity index (χ2n) is 12.6. The third kappa shape index (κ3) is 4.94. The molecule has 0 saturated heterocycles. The normalized spacial score (nSPS) is 11.5. The van der Waals surface area contributed by atoms with Crippen molar-refractivity contribution in [3.05, 3.63) is 170 Å². The molecule has 5 heteroatoms. The molecule has 0 fully saturated rings. The molecule has 0 spiro atoms. The third-order valence-corrected chi connectivity index (χ3v) is 9.51. The largest absolute Gasteiger partial charge is 0.456 e. The summed E-state index contributed by atoms with van der Waals surface area (Å²) in [6.45, 7) is 0. The van der Waals surface area contributed by atoms with Crippen molar-refractivity contribution in [3.63, 3.8) is 0 Å². The molecule has 3 aromatic heterocycles. The van der Waals surface area contributed by atoms with Crippen molar-refractivity contribution >= 4 is 43.6 Å². The smallest absolute Gasteiger partial charge is 0.164 e. The van der Waals surface area contributed by atoms with E-state index in [9.17, 15) is 0 Å². The van der Waals surface area contributed by atoms with E-state index in [4.69, 9.17) is 24.4 Å². The predicted octanol–water partition coefficient (Wildman–Crippen LogP) is 11.8. The number of fused-ring (bicyclic) bond motifs is 6. The van der Waals surface area contributed by atoms with Gasteiger partial charge in [0.2, 0.25) is 0 Å². The van der Waals surface area contributed by atoms with E-state index in [2.05, 4.69) is 91.0 Å². The van der Waals surface area contributed by atoms with Crippen molar-refractivity contribution in [1.82, 2.24) is 19.9 Å². The van der Waals surface area contributed by atoms with E-state index in [0.717, 1.165) is 82.7 Å². The first kappa shape index (κ1) is 29.0. The van der Waals surface area contributed by atoms with Gasteiger partial charge >= 0.3 is 0 Å². The molecule has 0 aliphatic heterocycles. The maximum Gasteiger partial charge on any atom is 0.164 e. The van der Waals surface area contributed by atoms with Crippen molar-refractivity contribution < 1.29 is 4.42 Å². The fourth-order valence-electron chi connectivity index (χ4n) is 7.14. The van der Waals surface area contributed by atoms with Gasteiger partial charge in [-0.3, -0.25) is 0 Å². The van der Waals surface area contributed by atoms with E-state index in [1.807, 2.05) is 78.9 Å². The summed E-state index contributed by atoms with van der Waals surface area (Å²) in [6, 6.07) is 58.0. The summed E-state index contributed by atoms with van der Waals surface area (Å²) in [5.74, 6) is 1.89. The van der Waals surface area contributed by atoms with Crippen LogP contribution in [0.4, 0.5) is 0 Å². The molecule has 0 unspecified atom stereocenters. The monoisotopic (exact) mass is 652 g/mol. The maximum atomic E-state index is 6.57. The van der Waals surface area contributed by atoms with E-state index in [-0.39, 0.29) is 0 Å². The highest BCUT2D eigenvalue weighted by molar-refractivity contribution is 6.27. The van der Waals surface area contributed by atoms with Crippen LogP contribution >= 0.6 is 0 Å². The van der Waals surface area contributed by atoms with E-state index in [1.54, 1.807) is 0 Å². The number of furan rings is 1. The highest BCUT2D eigenvalue weighted by atomic mass is 16.3. The molecule has 0 saturated carbocycles. The average molecular weight is 653 g/mol. The molecule has 238 valence electrons. The Kier molecular flexibility index (Phi) is 6.74. The van der Waals surface area contributed by atoms with Crippen LogP contribution in [0.25, 0.3) is 100 Å². The molecule has 10 aromatic rings. The number of para-hydroxylation sites is 2. The first-order chi connectivity index (χ1) is 25.3. The van der Waals surface area contributed by atoms with Crippen molar-refractivity contribution in [2.45, 2.75) is 0 Å². The minimum absolute atomic E-state index is 0.618. The summed E-state index contributed by atoms with van der Waals surface area (Å²) in [5.41, 5.74) is 9.57. The summed E-state index contributed by atoms with van der Waals surface area (Å²) in [6.07, 6.45) is 0. The highest BCUT2D eigenvalue weighted by Gasteiger charge is 2.22. The number of hydrogen-bond acceptors (Lipinski definition) is 5. The average Bonchev–Trinajstić information content (AvgIpc) is 3.59. The van der Waals surface area contributed by atoms with Crippen LogP contribution in [0.1, 0.15) is 0 Å². The number of hydrogen-bond donors (Lipinski definition) is 0. The van der Waals surface area contributed by atoms with Gasteiger partial charge in [0.1, 0.15) is 11.2 Å². The molecule has 0 bridgehead atoms. The van der Waals surface area contributed by atoms with Gasteiger partial charge in [0, 0.05) is 54.7 Å². The van der Waals surface area contributed by atoms with Crippen LogP contribution in [0, 0.1) is 0 Å². The van der Waals surface area contributed by atoms with Gasteiger partial charge in [-0.05, 0) is 23.8 Å². The Hall–Kier alpha value is -6.98. The second kappa shape index (κ2) is 11.9. The molecular weight excluding hydrogens is 625 g/mol. The first-order valence-corrected chi connectivity index (χ1v) is 17.0. The molecule has 10 rings (SSSR count). The Labute approximate surface area is 293 Å². The van der Waals surface area contributed by atoms with Crippen molar-refractivity contribution in [2.75, 3.05) is 0 Å². The van der Waals surface area contributed by atoms with Crippen molar-refractivity contribution in [3.8, 4) is 56.5 Å². The lowest BCUT2D eigenvalue weighted by Crippen LogP contribution is -2.00. The molecule has 0 radical (unpaired) electrons. The molecule has 0 aliphatic carbocycles. The number of rotatable bonds is 5. The molecule has 0 amide bonds. The van der Waals surface area contributed by atoms with Gasteiger partial charge in [0.15, 0.2) is 17.5 Å². The topological polar surface area (TPSA) is 64.7 Å². The van der Waals surface area contributed by atoms with Gasteiger partial charge in [-0.15, -0.1) is 0 Å². The predicted molar refractivity (Wildman–Crippen MR) is 207 cm³/mol. The number of nitrogens with zero attached hydrogens (tertiary/aromatic N) is 4. The zero-order valence-electron chi connectivity index (χ0n) is 27.4. The quantitative estimate of drug-likeness (QED) is 0.173. The number of pyridine rings is 1. The van der Waals surface area contributed by atoms with Gasteiger partial charge < -0.3 is 4.42 Å². The highest BCUT2D eigenvalue weighted by Crippen LogP contribution is 2.46. The van der Waals surface area contributed by atoms with Crippen LogP contribution < -0.4 is 0 Å². The van der Waals surface area contributed by atoms with Gasteiger partial charge in [-0.1, -0.05) is 152 Å². The van der Waals surface area contributed by atoms with Gasteiger partial charge in [-0.25, -0.2) is 19.9 Å². The van der Waals surface area contributed by atoms with Crippen LogP contribution in [0.3, 0.4) is 0 Å². The Morgan fingerprint density at radius 1 is 0.333 bits per heavy atom. The lowest BCUT2D eigenvalue weighted by molar-refractivity contribution is 0.669. The SMILES string of the molecule is c1ccc(-c2nc(-c3ccccc3)nc(-c3ccc(-c4c5c(cc6c(-c7ccccc7)nc7ccccc7c46)oc4ccccc45)cc3)n2)cc1. The number of aromatic nitrogens is 4. The Bertz CT molecular complexity index is 2830. The third-order valence-electron chi connectivity index (χ3n) is 9.51. The van der Waals surface area contributed by atoms with Gasteiger partial charge in [0.05, 0.1) is 11.2 Å². The maximum absolute atomic E-state index is 6.57. The summed E-state index contributed by atoms with van der Waals surface area (Å²) >= 11 is 0. The minimum Gasteiger partial charge on any atom is -0.456 e.